The maximum atomic E-state index is 11.2. The van der Waals surface area contributed by atoms with Crippen LogP contribution in [0.2, 0.25) is 0 Å². The van der Waals surface area contributed by atoms with Gasteiger partial charge in [0.15, 0.2) is 6.10 Å². The molecule has 0 spiro atoms. The van der Waals surface area contributed by atoms with E-state index in [-0.39, 0.29) is 35.0 Å². The summed E-state index contributed by atoms with van der Waals surface area (Å²) in [6.07, 6.45) is 1.57. The van der Waals surface area contributed by atoms with E-state index in [2.05, 4.69) is 49.4 Å². The molecule has 6 heteroatoms. The Labute approximate surface area is 217 Å². The summed E-state index contributed by atoms with van der Waals surface area (Å²) in [5.74, 6) is -0.199. The van der Waals surface area contributed by atoms with Crippen molar-refractivity contribution in [2.45, 2.75) is 26.4 Å². The number of hydrogen-bond donors (Lipinski definition) is 1. The van der Waals surface area contributed by atoms with Gasteiger partial charge in [-0.05, 0) is 59.9 Å². The number of ether oxygens (including phenoxy) is 2. The molecule has 0 aliphatic carbocycles. The number of carboxylic acids is 1. The topological polar surface area (TPSA) is 85.8 Å². The molecular weight excluding hydrogens is 427 g/mol. The summed E-state index contributed by atoms with van der Waals surface area (Å²) < 4.78 is 11.1. The maximum absolute atomic E-state index is 11.2. The Hall–Kier alpha value is -2.41. The number of rotatable bonds is 10. The second-order valence-electron chi connectivity index (χ2n) is 7.27. The number of carbonyl (C=O) groups is 1. The van der Waals surface area contributed by atoms with Gasteiger partial charge in [0.25, 0.3) is 0 Å². The third kappa shape index (κ3) is 8.80. The zero-order chi connectivity index (χ0) is 22.1. The standard InChI is InChI=1S/C27H28O4.Na.H2O/c1-3-30-26(27(28)29)19-21-9-15-25(16-10-21)31-18-17-20(2)22-11-13-24(14-12-22)23-7-5-4-6-8-23;;/h4-17,26H,3,18-19H2,1-2H3,(H,28,29);;1H2/q;+1;/p-1/b20-17+;;/t26-;;/m0../s1. The molecule has 0 saturated heterocycles. The van der Waals surface area contributed by atoms with Gasteiger partial charge in [0.05, 0.1) is 0 Å². The van der Waals surface area contributed by atoms with E-state index in [1.807, 2.05) is 42.5 Å². The minimum Gasteiger partial charge on any atom is -0.870 e. The molecule has 0 radical (unpaired) electrons. The van der Waals surface area contributed by atoms with Crippen LogP contribution in [0.1, 0.15) is 25.0 Å². The summed E-state index contributed by atoms with van der Waals surface area (Å²) in [7, 11) is 0. The van der Waals surface area contributed by atoms with Crippen molar-refractivity contribution in [1.29, 1.82) is 0 Å². The van der Waals surface area contributed by atoms with Crippen molar-refractivity contribution in [3.8, 4) is 16.9 Å². The Bertz CT molecular complexity index is 999. The van der Waals surface area contributed by atoms with Gasteiger partial charge >= 0.3 is 35.5 Å². The number of allylic oxidation sites excluding steroid dienone is 1. The second kappa shape index (κ2) is 14.7. The van der Waals surface area contributed by atoms with Crippen LogP contribution in [0.3, 0.4) is 0 Å². The first-order chi connectivity index (χ1) is 15.1. The molecule has 0 aliphatic heterocycles. The molecule has 33 heavy (non-hydrogen) atoms. The van der Waals surface area contributed by atoms with Gasteiger partial charge in [-0.1, -0.05) is 66.7 Å². The summed E-state index contributed by atoms with van der Waals surface area (Å²) in [6.45, 7) is 4.70. The Morgan fingerprint density at radius 1 is 0.939 bits per heavy atom. The molecular formula is C27H29NaO5. The number of carboxylic acid groups (broad SMARTS) is 1. The van der Waals surface area contributed by atoms with E-state index in [9.17, 15) is 9.90 Å². The smallest absolute Gasteiger partial charge is 0.870 e. The van der Waals surface area contributed by atoms with E-state index < -0.39 is 12.1 Å². The van der Waals surface area contributed by atoms with Crippen LogP contribution >= 0.6 is 0 Å². The van der Waals surface area contributed by atoms with E-state index in [1.54, 1.807) is 6.92 Å². The molecule has 0 amide bonds. The summed E-state index contributed by atoms with van der Waals surface area (Å²) >= 11 is 0. The molecule has 2 N–H and O–H groups in total. The zero-order valence-corrected chi connectivity index (χ0v) is 21.4. The number of benzene rings is 3. The molecule has 168 valence electrons. The fourth-order valence-electron chi connectivity index (χ4n) is 3.29. The largest absolute Gasteiger partial charge is 1.00 e. The molecule has 3 aromatic rings. The normalized spacial score (nSPS) is 11.6. The Kier molecular flexibility index (Phi) is 12.7. The van der Waals surface area contributed by atoms with Crippen LogP contribution in [0, 0.1) is 0 Å². The van der Waals surface area contributed by atoms with Crippen LogP contribution in [0.5, 0.6) is 5.75 Å². The Morgan fingerprint density at radius 2 is 1.55 bits per heavy atom. The van der Waals surface area contributed by atoms with Gasteiger partial charge in [-0.25, -0.2) is 4.79 Å². The summed E-state index contributed by atoms with van der Waals surface area (Å²) in [5, 5.41) is 9.20. The summed E-state index contributed by atoms with van der Waals surface area (Å²) in [6, 6.07) is 26.3. The first-order valence-electron chi connectivity index (χ1n) is 10.5. The van der Waals surface area contributed by atoms with Gasteiger partial charge in [0.1, 0.15) is 12.4 Å². The van der Waals surface area contributed by atoms with E-state index >= 15 is 0 Å². The van der Waals surface area contributed by atoms with Crippen LogP contribution in [-0.2, 0) is 16.0 Å². The Morgan fingerprint density at radius 3 is 2.12 bits per heavy atom. The van der Waals surface area contributed by atoms with Crippen molar-refractivity contribution < 1.29 is 54.4 Å². The summed E-state index contributed by atoms with van der Waals surface area (Å²) in [5.41, 5.74) is 5.62. The minimum absolute atomic E-state index is 0. The molecule has 3 aromatic carbocycles. The van der Waals surface area contributed by atoms with Crippen LogP contribution in [0.4, 0.5) is 0 Å². The molecule has 0 heterocycles. The quantitative estimate of drug-likeness (QED) is 0.474. The van der Waals surface area contributed by atoms with E-state index in [0.717, 1.165) is 22.4 Å². The van der Waals surface area contributed by atoms with E-state index in [0.29, 0.717) is 19.6 Å². The molecule has 0 aromatic heterocycles. The van der Waals surface area contributed by atoms with Crippen molar-refractivity contribution in [3.63, 3.8) is 0 Å². The van der Waals surface area contributed by atoms with Gasteiger partial charge < -0.3 is 20.1 Å². The van der Waals surface area contributed by atoms with Gasteiger partial charge in [0, 0.05) is 13.0 Å². The molecule has 3 rings (SSSR count). The van der Waals surface area contributed by atoms with Crippen LogP contribution in [0.25, 0.3) is 16.7 Å². The fraction of sp³-hybridized carbons (Fsp3) is 0.222. The third-order valence-corrected chi connectivity index (χ3v) is 5.07. The Balaban J connectivity index is 0.00000272. The number of aliphatic carboxylic acids is 1. The van der Waals surface area contributed by atoms with E-state index in [1.165, 1.54) is 11.1 Å². The van der Waals surface area contributed by atoms with Crippen molar-refractivity contribution >= 4 is 11.5 Å². The predicted molar refractivity (Wildman–Crippen MR) is 126 cm³/mol. The van der Waals surface area contributed by atoms with Crippen molar-refractivity contribution in [1.82, 2.24) is 0 Å². The first kappa shape index (κ1) is 28.6. The van der Waals surface area contributed by atoms with Gasteiger partial charge in [-0.15, -0.1) is 0 Å². The monoisotopic (exact) mass is 456 g/mol. The molecule has 0 fully saturated rings. The van der Waals surface area contributed by atoms with Crippen LogP contribution < -0.4 is 34.3 Å². The molecule has 0 aliphatic rings. The average molecular weight is 457 g/mol. The van der Waals surface area contributed by atoms with Crippen LogP contribution in [-0.4, -0.2) is 35.9 Å². The van der Waals surface area contributed by atoms with Crippen molar-refractivity contribution in [3.05, 3.63) is 96.1 Å². The van der Waals surface area contributed by atoms with E-state index in [4.69, 9.17) is 9.47 Å². The zero-order valence-electron chi connectivity index (χ0n) is 19.4. The molecule has 0 saturated carbocycles. The fourth-order valence-corrected chi connectivity index (χ4v) is 3.29. The van der Waals surface area contributed by atoms with Crippen molar-refractivity contribution in [2.24, 2.45) is 0 Å². The maximum Gasteiger partial charge on any atom is 1.00 e. The molecule has 0 bridgehead atoms. The van der Waals surface area contributed by atoms with Gasteiger partial charge in [-0.3, -0.25) is 0 Å². The SMILES string of the molecule is CCO[C@@H](Cc1ccc(OC/C=C(\C)c2ccc(-c3ccccc3)cc2)cc1)C(=O)O.[Na+].[OH-]. The molecule has 0 unspecified atom stereocenters. The predicted octanol–water partition coefficient (Wildman–Crippen LogP) is 2.70. The first-order valence-corrected chi connectivity index (χ1v) is 10.5. The van der Waals surface area contributed by atoms with Crippen LogP contribution in [0.15, 0.2) is 84.9 Å². The average Bonchev–Trinajstić information content (AvgIpc) is 2.80. The van der Waals surface area contributed by atoms with Crippen molar-refractivity contribution in [2.75, 3.05) is 13.2 Å². The minimum atomic E-state index is -0.945. The second-order valence-corrected chi connectivity index (χ2v) is 7.27. The van der Waals surface area contributed by atoms with Gasteiger partial charge in [0.2, 0.25) is 0 Å². The molecule has 5 nitrogen and oxygen atoms in total. The third-order valence-electron chi connectivity index (χ3n) is 5.07. The van der Waals surface area contributed by atoms with Gasteiger partial charge in [-0.2, -0.15) is 0 Å². The molecule has 1 atom stereocenters. The number of hydrogen-bond acceptors (Lipinski definition) is 4. The summed E-state index contributed by atoms with van der Waals surface area (Å²) in [4.78, 5) is 11.2.